The topological polar surface area (TPSA) is 114 Å². The monoisotopic (exact) mass is 338 g/mol. The molecule has 0 amide bonds. The van der Waals surface area contributed by atoms with E-state index in [9.17, 15) is 37.7 Å². The summed E-state index contributed by atoms with van der Waals surface area (Å²) in [5.74, 6) is -3.60. The van der Waals surface area contributed by atoms with Gasteiger partial charge in [0.15, 0.2) is 0 Å². The molecule has 0 radical (unpaired) electrons. The van der Waals surface area contributed by atoms with Gasteiger partial charge in [0.25, 0.3) is 0 Å². The number of aliphatic carboxylic acids is 2. The second-order valence-electron chi connectivity index (χ2n) is 2.48. The summed E-state index contributed by atoms with van der Waals surface area (Å²) < 4.78 is 42.8. The maximum absolute atomic E-state index is 11.8. The Balaban J connectivity index is -0.000000256. The van der Waals surface area contributed by atoms with Crippen LogP contribution < -0.4 is 10.2 Å². The predicted octanol–water partition coefficient (Wildman–Crippen LogP) is -0.950. The molecule has 0 fully saturated rings. The van der Waals surface area contributed by atoms with Crippen molar-refractivity contribution in [2.45, 2.75) is 25.2 Å². The van der Waals surface area contributed by atoms with Gasteiger partial charge in [-0.15, -0.1) is 0 Å². The molecule has 0 aromatic carbocycles. The van der Waals surface area contributed by atoms with Crippen LogP contribution in [0.4, 0.5) is 8.78 Å². The van der Waals surface area contributed by atoms with Gasteiger partial charge in [0.1, 0.15) is 0 Å². The molecule has 100 valence electrons. The molecule has 0 bridgehead atoms. The normalized spacial score (nSPS) is 11.1. The van der Waals surface area contributed by atoms with Crippen molar-refractivity contribution in [3.05, 3.63) is 0 Å². The molecule has 0 heterocycles. The first kappa shape index (κ1) is 24.1. The molecular weight excluding hydrogens is 332 g/mol. The molecule has 0 N–H and O–H groups in total. The molecule has 0 aliphatic heterocycles. The summed E-state index contributed by atoms with van der Waals surface area (Å²) in [6.07, 6.45) is -5.17. The van der Waals surface area contributed by atoms with Crippen LogP contribution in [-0.4, -0.2) is 62.0 Å². The van der Waals surface area contributed by atoms with Gasteiger partial charge in [0.2, 0.25) is 0 Å². The molecule has 0 saturated heterocycles. The molecule has 0 spiro atoms. The van der Waals surface area contributed by atoms with E-state index in [1.807, 2.05) is 11.3 Å². The zero-order valence-corrected chi connectivity index (χ0v) is 13.4. The number of hydrogen-bond acceptors (Lipinski definition) is 6. The summed E-state index contributed by atoms with van der Waals surface area (Å²) in [6.45, 7) is 0. The molecule has 0 saturated carbocycles. The Morgan fingerprint density at radius 1 is 0.947 bits per heavy atom. The second kappa shape index (κ2) is 16.1. The first-order valence-corrected chi connectivity index (χ1v) is 5.79. The standard InChI is InChI=1S/2C4H4FO3P.Ca/c2*5-3(4(6)7)1-2-9-8;/h2*3H,1H2,(H,6,7);/q;;+2/p-2/t2*3-;/m11./s1. The number of halogens is 2. The van der Waals surface area contributed by atoms with Crippen LogP contribution in [0.5, 0.6) is 0 Å². The summed E-state index contributed by atoms with van der Waals surface area (Å²) in [4.78, 5) is 19.1. The van der Waals surface area contributed by atoms with Gasteiger partial charge in [0, 0.05) is 0 Å². The number of carboxylic acid groups (broad SMARTS) is 2. The Morgan fingerprint density at radius 3 is 1.37 bits per heavy atom. The molecule has 0 aliphatic rings. The van der Waals surface area contributed by atoms with Gasteiger partial charge in [0.05, 0.1) is 0 Å². The van der Waals surface area contributed by atoms with Crippen molar-refractivity contribution in [2.24, 2.45) is 0 Å². The van der Waals surface area contributed by atoms with Crippen LogP contribution in [0.1, 0.15) is 12.8 Å². The van der Waals surface area contributed by atoms with Crippen molar-refractivity contribution in [2.75, 3.05) is 0 Å². The number of alkyl halides is 2. The number of carbonyl (C=O) groups is 2. The zero-order chi connectivity index (χ0) is 14.6. The van der Waals surface area contributed by atoms with Gasteiger partial charge < -0.3 is 0 Å². The number of hydrogen-bond donors (Lipinski definition) is 0. The van der Waals surface area contributed by atoms with Gasteiger partial charge in [-0.2, -0.15) is 0 Å². The van der Waals surface area contributed by atoms with Crippen LogP contribution in [-0.2, 0) is 18.7 Å². The van der Waals surface area contributed by atoms with E-state index in [1.54, 1.807) is 0 Å². The average Bonchev–Trinajstić information content (AvgIpc) is 2.33. The summed E-state index contributed by atoms with van der Waals surface area (Å²) in [7, 11) is -0.972. The molecule has 0 aliphatic carbocycles. The summed E-state index contributed by atoms with van der Waals surface area (Å²) in [6, 6.07) is 0. The maximum atomic E-state index is 11.8. The Bertz CT molecular complexity index is 441. The molecule has 11 heteroatoms. The Kier molecular flexibility index (Phi) is 20.5. The Hall–Kier alpha value is 0.0797. The first-order valence-electron chi connectivity index (χ1n) is 4.17. The molecule has 0 aromatic heterocycles. The quantitative estimate of drug-likeness (QED) is 0.482. The Morgan fingerprint density at radius 2 is 1.21 bits per heavy atom. The predicted molar refractivity (Wildman–Crippen MR) is 57.8 cm³/mol. The van der Waals surface area contributed by atoms with Crippen molar-refractivity contribution in [3.63, 3.8) is 0 Å². The summed E-state index contributed by atoms with van der Waals surface area (Å²) >= 11 is 0. The van der Waals surface area contributed by atoms with Crippen molar-refractivity contribution in [3.8, 4) is 11.3 Å². The molecule has 0 rings (SSSR count). The van der Waals surface area contributed by atoms with E-state index < -0.39 is 53.0 Å². The zero-order valence-electron chi connectivity index (χ0n) is 9.38. The average molecular weight is 338 g/mol. The van der Waals surface area contributed by atoms with E-state index >= 15 is 0 Å². The van der Waals surface area contributed by atoms with Gasteiger partial charge in [-0.1, -0.05) is 0 Å². The van der Waals surface area contributed by atoms with E-state index in [2.05, 4.69) is 0 Å². The fourth-order valence-electron chi connectivity index (χ4n) is 0.401. The molecule has 6 nitrogen and oxygen atoms in total. The van der Waals surface area contributed by atoms with Crippen LogP contribution in [0.3, 0.4) is 0 Å². The van der Waals surface area contributed by atoms with Gasteiger partial charge in [-0.25, -0.2) is 0 Å². The second-order valence-corrected chi connectivity index (χ2v) is 3.48. The summed E-state index contributed by atoms with van der Waals surface area (Å²) in [5.41, 5.74) is 3.90. The van der Waals surface area contributed by atoms with Crippen LogP contribution in [0.2, 0.25) is 0 Å². The van der Waals surface area contributed by atoms with Crippen LogP contribution >= 0.6 is 15.8 Å². The third-order valence-corrected chi connectivity index (χ3v) is 1.80. The van der Waals surface area contributed by atoms with E-state index in [0.717, 1.165) is 0 Å². The van der Waals surface area contributed by atoms with Crippen LogP contribution in [0.25, 0.3) is 0 Å². The third-order valence-electron chi connectivity index (χ3n) is 1.18. The minimum absolute atomic E-state index is 0. The van der Waals surface area contributed by atoms with Crippen LogP contribution in [0, 0.1) is 11.3 Å². The third kappa shape index (κ3) is 18.1. The van der Waals surface area contributed by atoms with Crippen LogP contribution in [0.15, 0.2) is 0 Å². The van der Waals surface area contributed by atoms with E-state index in [0.29, 0.717) is 0 Å². The largest absolute Gasteiger partial charge is 2.00 e. The fourth-order valence-corrected chi connectivity index (χ4v) is 0.871. The molecule has 0 unspecified atom stereocenters. The van der Waals surface area contributed by atoms with Gasteiger partial charge in [-0.3, -0.25) is 0 Å². The molecular formula is C8H6CaF2O6P2. The maximum Gasteiger partial charge on any atom is 2.00 e. The summed E-state index contributed by atoms with van der Waals surface area (Å²) in [5, 5.41) is 19.1. The number of carbonyl (C=O) groups excluding carboxylic acids is 2. The van der Waals surface area contributed by atoms with E-state index in [4.69, 9.17) is 0 Å². The minimum atomic E-state index is -2.09. The number of rotatable bonds is 4. The van der Waals surface area contributed by atoms with E-state index in [1.165, 1.54) is 0 Å². The van der Waals surface area contributed by atoms with Gasteiger partial charge in [-0.05, 0) is 0 Å². The SMILES string of the molecule is O=P#CC[C@@H](F)C(=O)[O-].O=P#CC[C@@H](F)C(=O)[O-].[Ca+2]. The first-order chi connectivity index (χ1) is 8.36. The molecule has 0 aromatic rings. The van der Waals surface area contributed by atoms with Crippen molar-refractivity contribution >= 4 is 65.5 Å². The Labute approximate surface area is 139 Å². The van der Waals surface area contributed by atoms with Crippen molar-refractivity contribution in [1.29, 1.82) is 0 Å². The van der Waals surface area contributed by atoms with Crippen molar-refractivity contribution in [1.82, 2.24) is 0 Å². The number of carboxylic acids is 2. The van der Waals surface area contributed by atoms with Gasteiger partial charge >= 0.3 is 140 Å². The molecule has 2 atom stereocenters. The molecule has 19 heavy (non-hydrogen) atoms. The smallest absolute Gasteiger partial charge is 2.00 e. The van der Waals surface area contributed by atoms with E-state index in [-0.39, 0.29) is 37.7 Å². The minimum Gasteiger partial charge on any atom is 2.00 e. The van der Waals surface area contributed by atoms with Crippen molar-refractivity contribution < 1.29 is 37.7 Å². The fraction of sp³-hybridized carbons (Fsp3) is 0.500.